The molecule has 11 nitrogen and oxygen atoms in total. The maximum atomic E-state index is 13.2. The number of hydrogen-bond acceptors (Lipinski definition) is 8. The number of H-pyrrole nitrogens is 1. The average molecular weight is 566 g/mol. The lowest BCUT2D eigenvalue weighted by Gasteiger charge is -2.32. The third kappa shape index (κ3) is 6.02. The van der Waals surface area contributed by atoms with Crippen molar-refractivity contribution in [3.05, 3.63) is 78.0 Å². The SMILES string of the molecule is C=CC(N1CCOCC1)S(=O)(=O)c1ccc(NC(=O)c2cn[nH]c2NS(=O)(=O)c2ccc(Cl)cc2)cc1. The van der Waals surface area contributed by atoms with Crippen LogP contribution >= 0.6 is 11.6 Å². The van der Waals surface area contributed by atoms with E-state index in [1.165, 1.54) is 60.8 Å². The number of amides is 1. The number of morpholine rings is 1. The van der Waals surface area contributed by atoms with E-state index >= 15 is 0 Å². The number of nitrogens with one attached hydrogen (secondary N) is 3. The Bertz CT molecular complexity index is 1480. The zero-order chi connectivity index (χ0) is 26.6. The maximum absolute atomic E-state index is 13.2. The fraction of sp³-hybridized carbons (Fsp3) is 0.217. The van der Waals surface area contributed by atoms with Gasteiger partial charge in [0.15, 0.2) is 9.84 Å². The molecule has 3 aromatic rings. The summed E-state index contributed by atoms with van der Waals surface area (Å²) in [6.45, 7) is 5.51. The molecule has 14 heteroatoms. The molecule has 1 amide bonds. The molecule has 37 heavy (non-hydrogen) atoms. The number of carbonyl (C=O) groups is 1. The Kier molecular flexibility index (Phi) is 7.99. The fourth-order valence-corrected chi connectivity index (χ4v) is 6.53. The Morgan fingerprint density at radius 3 is 2.30 bits per heavy atom. The number of rotatable bonds is 9. The van der Waals surface area contributed by atoms with Crippen LogP contribution in [-0.2, 0) is 24.6 Å². The van der Waals surface area contributed by atoms with E-state index in [-0.39, 0.29) is 21.2 Å². The molecule has 3 N–H and O–H groups in total. The first-order valence-corrected chi connectivity index (χ1v) is 14.4. The number of halogens is 1. The summed E-state index contributed by atoms with van der Waals surface area (Å²) in [5, 5.41) is 8.30. The summed E-state index contributed by atoms with van der Waals surface area (Å²) in [7, 11) is -7.77. The van der Waals surface area contributed by atoms with Gasteiger partial charge in [-0.15, -0.1) is 6.58 Å². The summed E-state index contributed by atoms with van der Waals surface area (Å²) in [6, 6.07) is 11.2. The molecule has 196 valence electrons. The fourth-order valence-electron chi connectivity index (χ4n) is 3.71. The minimum Gasteiger partial charge on any atom is -0.379 e. The molecule has 1 saturated heterocycles. The van der Waals surface area contributed by atoms with E-state index in [9.17, 15) is 21.6 Å². The molecule has 0 saturated carbocycles. The third-order valence-electron chi connectivity index (χ3n) is 5.61. The van der Waals surface area contributed by atoms with Crippen LogP contribution in [0.15, 0.2) is 77.2 Å². The Balaban J connectivity index is 1.47. The lowest BCUT2D eigenvalue weighted by atomic mass is 10.2. The Morgan fingerprint density at radius 2 is 1.68 bits per heavy atom. The second-order valence-corrected chi connectivity index (χ2v) is 12.2. The first-order chi connectivity index (χ1) is 17.6. The number of sulfone groups is 1. The van der Waals surface area contributed by atoms with Crippen molar-refractivity contribution in [2.45, 2.75) is 15.2 Å². The number of nitrogens with zero attached hydrogens (tertiary/aromatic N) is 2. The molecular weight excluding hydrogens is 542 g/mol. The van der Waals surface area contributed by atoms with Crippen molar-refractivity contribution in [1.82, 2.24) is 15.1 Å². The minimum absolute atomic E-state index is 0.0513. The number of ether oxygens (including phenoxy) is 1. The first kappa shape index (κ1) is 26.8. The van der Waals surface area contributed by atoms with Crippen LogP contribution in [0.1, 0.15) is 10.4 Å². The maximum Gasteiger partial charge on any atom is 0.263 e. The van der Waals surface area contributed by atoms with Gasteiger partial charge < -0.3 is 10.1 Å². The molecule has 2 aromatic carbocycles. The average Bonchev–Trinajstić information content (AvgIpc) is 3.33. The molecule has 0 aliphatic carbocycles. The lowest BCUT2D eigenvalue weighted by Crippen LogP contribution is -2.46. The van der Waals surface area contributed by atoms with Gasteiger partial charge in [0.2, 0.25) is 0 Å². The second-order valence-electron chi connectivity index (χ2n) is 8.02. The van der Waals surface area contributed by atoms with E-state index in [4.69, 9.17) is 16.3 Å². The highest BCUT2D eigenvalue weighted by molar-refractivity contribution is 7.92. The molecule has 1 unspecified atom stereocenters. The van der Waals surface area contributed by atoms with Crippen LogP contribution in [0.5, 0.6) is 0 Å². The molecule has 1 aliphatic rings. The van der Waals surface area contributed by atoms with E-state index < -0.39 is 31.1 Å². The highest BCUT2D eigenvalue weighted by Gasteiger charge is 2.31. The zero-order valence-corrected chi connectivity index (χ0v) is 21.8. The van der Waals surface area contributed by atoms with Gasteiger partial charge in [-0.2, -0.15) is 5.10 Å². The molecule has 1 aromatic heterocycles. The highest BCUT2D eigenvalue weighted by atomic mass is 35.5. The van der Waals surface area contributed by atoms with Gasteiger partial charge in [0.25, 0.3) is 15.9 Å². The largest absolute Gasteiger partial charge is 0.379 e. The van der Waals surface area contributed by atoms with Gasteiger partial charge in [0.05, 0.1) is 29.2 Å². The van der Waals surface area contributed by atoms with Gasteiger partial charge in [-0.25, -0.2) is 16.8 Å². The number of benzene rings is 2. The smallest absolute Gasteiger partial charge is 0.263 e. The molecule has 4 rings (SSSR count). The predicted molar refractivity (Wildman–Crippen MR) is 139 cm³/mol. The molecular formula is C23H24ClN5O6S2. The lowest BCUT2D eigenvalue weighted by molar-refractivity contribution is 0.0374. The van der Waals surface area contributed by atoms with Crippen molar-refractivity contribution in [3.8, 4) is 0 Å². The van der Waals surface area contributed by atoms with Crippen LogP contribution < -0.4 is 10.0 Å². The van der Waals surface area contributed by atoms with Crippen LogP contribution in [-0.4, -0.2) is 69.5 Å². The zero-order valence-electron chi connectivity index (χ0n) is 19.4. The van der Waals surface area contributed by atoms with Crippen molar-refractivity contribution in [2.24, 2.45) is 0 Å². The second kappa shape index (κ2) is 11.0. The standard InChI is InChI=1S/C23H24ClN5O6S2/c1-2-21(29-11-13-35-14-12-29)36(31,32)18-9-5-17(6-10-18)26-23(30)20-15-25-27-22(20)28-37(33,34)19-7-3-16(24)4-8-19/h2-10,15,21H,1,11-14H2,(H,26,30)(H2,25,27,28). The summed E-state index contributed by atoms with van der Waals surface area (Å²) < 4.78 is 59.3. The Hall–Kier alpha value is -3.23. The monoisotopic (exact) mass is 565 g/mol. The topological polar surface area (TPSA) is 151 Å². The molecule has 1 fully saturated rings. The van der Waals surface area contributed by atoms with E-state index in [0.717, 1.165) is 0 Å². The van der Waals surface area contributed by atoms with Crippen molar-refractivity contribution < 1.29 is 26.4 Å². The Labute approximate surface area is 219 Å². The van der Waals surface area contributed by atoms with Crippen molar-refractivity contribution in [2.75, 3.05) is 36.3 Å². The molecule has 1 aliphatic heterocycles. The van der Waals surface area contributed by atoms with E-state index in [1.54, 1.807) is 4.90 Å². The van der Waals surface area contributed by atoms with E-state index in [1.807, 2.05) is 0 Å². The molecule has 0 spiro atoms. The number of sulfonamides is 1. The van der Waals surface area contributed by atoms with Gasteiger partial charge in [0, 0.05) is 23.8 Å². The Morgan fingerprint density at radius 1 is 1.05 bits per heavy atom. The van der Waals surface area contributed by atoms with Gasteiger partial charge in [-0.05, 0) is 48.5 Å². The van der Waals surface area contributed by atoms with Crippen molar-refractivity contribution in [1.29, 1.82) is 0 Å². The predicted octanol–water partition coefficient (Wildman–Crippen LogP) is 2.73. The third-order valence-corrected chi connectivity index (χ3v) is 9.28. The van der Waals surface area contributed by atoms with Crippen LogP contribution in [0.25, 0.3) is 0 Å². The van der Waals surface area contributed by atoms with Gasteiger partial charge in [-0.1, -0.05) is 17.7 Å². The summed E-state index contributed by atoms with van der Waals surface area (Å²) in [5.74, 6) is -0.790. The van der Waals surface area contributed by atoms with Crippen LogP contribution in [0.2, 0.25) is 5.02 Å². The van der Waals surface area contributed by atoms with Crippen LogP contribution in [0.3, 0.4) is 0 Å². The minimum atomic E-state index is -4.02. The number of aromatic nitrogens is 2. The normalized spacial score (nSPS) is 15.6. The van der Waals surface area contributed by atoms with Crippen molar-refractivity contribution in [3.63, 3.8) is 0 Å². The summed E-state index contributed by atoms with van der Waals surface area (Å²) >= 11 is 5.81. The highest BCUT2D eigenvalue weighted by Crippen LogP contribution is 2.24. The molecule has 0 radical (unpaired) electrons. The van der Waals surface area contributed by atoms with Gasteiger partial charge in [-0.3, -0.25) is 19.5 Å². The van der Waals surface area contributed by atoms with Gasteiger partial charge >= 0.3 is 0 Å². The van der Waals surface area contributed by atoms with Crippen LogP contribution in [0.4, 0.5) is 11.5 Å². The van der Waals surface area contributed by atoms with Crippen LogP contribution in [0, 0.1) is 0 Å². The van der Waals surface area contributed by atoms with Gasteiger partial charge in [0.1, 0.15) is 16.8 Å². The number of aromatic amines is 1. The summed E-state index contributed by atoms with van der Waals surface area (Å²) in [6.07, 6.45) is 2.56. The molecule has 1 atom stereocenters. The molecule has 0 bridgehead atoms. The van der Waals surface area contributed by atoms with Crippen molar-refractivity contribution >= 4 is 48.9 Å². The summed E-state index contributed by atoms with van der Waals surface area (Å²) in [4.78, 5) is 14.6. The van der Waals surface area contributed by atoms with E-state index in [2.05, 4.69) is 26.8 Å². The molecule has 2 heterocycles. The van der Waals surface area contributed by atoms with E-state index in [0.29, 0.717) is 37.0 Å². The number of anilines is 2. The summed E-state index contributed by atoms with van der Waals surface area (Å²) in [5.41, 5.74) is 0.242. The number of carbonyl (C=O) groups excluding carboxylic acids is 1. The first-order valence-electron chi connectivity index (χ1n) is 11.0. The quantitative estimate of drug-likeness (QED) is 0.335. The number of hydrogen-bond donors (Lipinski definition) is 3.